The highest BCUT2D eigenvalue weighted by atomic mass is 35.5. The lowest BCUT2D eigenvalue weighted by Gasteiger charge is -2.32. The van der Waals surface area contributed by atoms with E-state index >= 15 is 0 Å². The van der Waals surface area contributed by atoms with Crippen LogP contribution < -0.4 is 9.62 Å². The molecule has 2 aromatic carbocycles. The van der Waals surface area contributed by atoms with Gasteiger partial charge in [0.25, 0.3) is 0 Å². The zero-order chi connectivity index (χ0) is 25.8. The van der Waals surface area contributed by atoms with Crippen molar-refractivity contribution in [3.05, 3.63) is 63.1 Å². The number of nitrogens with zero attached hydrogens (tertiary/aromatic N) is 2. The smallest absolute Gasteiger partial charge is 0.244 e. The van der Waals surface area contributed by atoms with E-state index in [9.17, 15) is 18.0 Å². The van der Waals surface area contributed by atoms with Gasteiger partial charge in [-0.1, -0.05) is 65.8 Å². The molecule has 0 spiro atoms. The molecule has 1 aliphatic rings. The number of carbonyl (C=O) groups is 2. The predicted molar refractivity (Wildman–Crippen MR) is 141 cm³/mol. The van der Waals surface area contributed by atoms with Gasteiger partial charge in [-0.25, -0.2) is 8.42 Å². The Bertz CT molecular complexity index is 1190. The Morgan fingerprint density at radius 3 is 2.29 bits per heavy atom. The van der Waals surface area contributed by atoms with Gasteiger partial charge >= 0.3 is 0 Å². The van der Waals surface area contributed by atoms with Crippen molar-refractivity contribution < 1.29 is 18.0 Å². The second-order valence-corrected chi connectivity index (χ2v) is 11.8. The first-order valence-electron chi connectivity index (χ1n) is 11.2. The van der Waals surface area contributed by atoms with Crippen LogP contribution in [0.5, 0.6) is 0 Å². The Hall–Kier alpha value is -2.00. The fraction of sp³-hybridized carbons (Fsp3) is 0.417. The first-order valence-corrected chi connectivity index (χ1v) is 14.2. The van der Waals surface area contributed by atoms with E-state index < -0.39 is 28.5 Å². The van der Waals surface area contributed by atoms with Crippen molar-refractivity contribution in [2.45, 2.75) is 51.2 Å². The summed E-state index contributed by atoms with van der Waals surface area (Å²) in [6.07, 6.45) is 4.90. The van der Waals surface area contributed by atoms with Crippen LogP contribution in [0.3, 0.4) is 0 Å². The average molecular weight is 561 g/mol. The monoisotopic (exact) mass is 559 g/mol. The molecule has 1 saturated carbocycles. The number of halogens is 3. The largest absolute Gasteiger partial charge is 0.352 e. The third-order valence-electron chi connectivity index (χ3n) is 6.04. The van der Waals surface area contributed by atoms with E-state index in [0.29, 0.717) is 10.6 Å². The van der Waals surface area contributed by atoms with Gasteiger partial charge in [0.2, 0.25) is 21.8 Å². The second kappa shape index (κ2) is 11.8. The lowest BCUT2D eigenvalue weighted by Crippen LogP contribution is -2.52. The molecule has 1 aliphatic carbocycles. The molecule has 1 atom stereocenters. The van der Waals surface area contributed by atoms with Gasteiger partial charge in [-0.2, -0.15) is 0 Å². The van der Waals surface area contributed by atoms with Crippen LogP contribution in [-0.4, -0.2) is 50.0 Å². The Morgan fingerprint density at radius 2 is 1.69 bits per heavy atom. The van der Waals surface area contributed by atoms with Crippen LogP contribution >= 0.6 is 34.8 Å². The second-order valence-electron chi connectivity index (χ2n) is 8.65. The van der Waals surface area contributed by atoms with E-state index in [4.69, 9.17) is 34.8 Å². The van der Waals surface area contributed by atoms with Crippen molar-refractivity contribution in [2.24, 2.45) is 0 Å². The summed E-state index contributed by atoms with van der Waals surface area (Å²) < 4.78 is 26.2. The minimum absolute atomic E-state index is 0.0384. The van der Waals surface area contributed by atoms with Gasteiger partial charge in [-0.15, -0.1) is 0 Å². The summed E-state index contributed by atoms with van der Waals surface area (Å²) in [7, 11) is -3.86. The fourth-order valence-electron chi connectivity index (χ4n) is 4.04. The SMILES string of the molecule is C[C@H](C(=O)NC1CCCC1)N(Cc1ccccc1Cl)C(=O)CN(c1ccc(Cl)c(Cl)c1)S(C)(=O)=O. The quantitative estimate of drug-likeness (QED) is 0.473. The Balaban J connectivity index is 1.90. The van der Waals surface area contributed by atoms with Crippen LogP contribution in [0, 0.1) is 0 Å². The maximum absolute atomic E-state index is 13.6. The van der Waals surface area contributed by atoms with Gasteiger partial charge in [0, 0.05) is 17.6 Å². The summed E-state index contributed by atoms with van der Waals surface area (Å²) in [5, 5.41) is 3.87. The van der Waals surface area contributed by atoms with E-state index in [0.717, 1.165) is 36.2 Å². The third kappa shape index (κ3) is 7.26. The zero-order valence-electron chi connectivity index (χ0n) is 19.5. The molecule has 0 bridgehead atoms. The number of anilines is 1. The Labute approximate surface area is 221 Å². The molecule has 1 fully saturated rings. The van der Waals surface area contributed by atoms with Crippen LogP contribution in [0.1, 0.15) is 38.2 Å². The topological polar surface area (TPSA) is 86.8 Å². The molecule has 0 saturated heterocycles. The number of rotatable bonds is 9. The normalized spacial score (nSPS) is 15.0. The molecular formula is C24H28Cl3N3O4S. The number of nitrogens with one attached hydrogen (secondary N) is 1. The molecule has 0 aliphatic heterocycles. The van der Waals surface area contributed by atoms with Gasteiger partial charge in [0.1, 0.15) is 12.6 Å². The molecule has 1 N–H and O–H groups in total. The standard InChI is InChI=1S/C24H28Cl3N3O4S/c1-16(24(32)28-18-8-4-5-9-18)29(14-17-7-3-6-10-20(17)25)23(31)15-30(35(2,33)34)19-11-12-21(26)22(27)13-19/h3,6-7,10-13,16,18H,4-5,8-9,14-15H2,1-2H3,(H,28,32)/t16-/m1/s1. The lowest BCUT2D eigenvalue weighted by molar-refractivity contribution is -0.139. The van der Waals surface area contributed by atoms with Gasteiger partial charge in [-0.05, 0) is 49.6 Å². The maximum Gasteiger partial charge on any atom is 0.244 e. The molecule has 2 aromatic rings. The van der Waals surface area contributed by atoms with E-state index in [1.54, 1.807) is 31.2 Å². The molecule has 7 nitrogen and oxygen atoms in total. The highest BCUT2D eigenvalue weighted by Crippen LogP contribution is 2.29. The minimum atomic E-state index is -3.86. The summed E-state index contributed by atoms with van der Waals surface area (Å²) in [4.78, 5) is 28.0. The van der Waals surface area contributed by atoms with Crippen molar-refractivity contribution in [1.82, 2.24) is 10.2 Å². The molecule has 0 unspecified atom stereocenters. The van der Waals surface area contributed by atoms with Crippen LogP contribution in [0.2, 0.25) is 15.1 Å². The Morgan fingerprint density at radius 1 is 1.03 bits per heavy atom. The number of sulfonamides is 1. The molecule has 35 heavy (non-hydrogen) atoms. The van der Waals surface area contributed by atoms with E-state index in [1.165, 1.54) is 23.1 Å². The number of amides is 2. The first-order chi connectivity index (χ1) is 16.5. The highest BCUT2D eigenvalue weighted by molar-refractivity contribution is 7.92. The predicted octanol–water partition coefficient (Wildman–Crippen LogP) is 4.89. The highest BCUT2D eigenvalue weighted by Gasteiger charge is 2.31. The van der Waals surface area contributed by atoms with Crippen molar-refractivity contribution >= 4 is 62.3 Å². The van der Waals surface area contributed by atoms with Gasteiger partial charge in [0.05, 0.1) is 22.0 Å². The molecule has 11 heteroatoms. The molecule has 0 aromatic heterocycles. The van der Waals surface area contributed by atoms with Crippen molar-refractivity contribution in [3.63, 3.8) is 0 Å². The van der Waals surface area contributed by atoms with E-state index in [-0.39, 0.29) is 34.2 Å². The summed E-state index contributed by atoms with van der Waals surface area (Å²) in [5.74, 6) is -0.853. The van der Waals surface area contributed by atoms with Crippen LogP contribution in [0.25, 0.3) is 0 Å². The molecule has 2 amide bonds. The third-order valence-corrected chi connectivity index (χ3v) is 8.29. The summed E-state index contributed by atoms with van der Waals surface area (Å²) in [6, 6.07) is 10.5. The van der Waals surface area contributed by atoms with Crippen molar-refractivity contribution in [3.8, 4) is 0 Å². The Kier molecular flexibility index (Phi) is 9.32. The molecule has 0 heterocycles. The van der Waals surface area contributed by atoms with Crippen LogP contribution in [-0.2, 0) is 26.2 Å². The molecular weight excluding hydrogens is 533 g/mol. The summed E-state index contributed by atoms with van der Waals surface area (Å²) >= 11 is 18.4. The zero-order valence-corrected chi connectivity index (χ0v) is 22.6. The average Bonchev–Trinajstić information content (AvgIpc) is 3.30. The maximum atomic E-state index is 13.6. The van der Waals surface area contributed by atoms with Gasteiger partial charge in [0.15, 0.2) is 0 Å². The lowest BCUT2D eigenvalue weighted by atomic mass is 10.1. The minimum Gasteiger partial charge on any atom is -0.352 e. The molecule has 190 valence electrons. The number of hydrogen-bond donors (Lipinski definition) is 1. The summed E-state index contributed by atoms with van der Waals surface area (Å²) in [6.45, 7) is 1.14. The fourth-order valence-corrected chi connectivity index (χ4v) is 5.37. The van der Waals surface area contributed by atoms with E-state index in [1.807, 2.05) is 0 Å². The number of carbonyl (C=O) groups excluding carboxylic acids is 2. The van der Waals surface area contributed by atoms with Gasteiger partial charge in [-0.3, -0.25) is 13.9 Å². The number of hydrogen-bond acceptors (Lipinski definition) is 4. The van der Waals surface area contributed by atoms with E-state index in [2.05, 4.69) is 5.32 Å². The van der Waals surface area contributed by atoms with Gasteiger partial charge < -0.3 is 10.2 Å². The van der Waals surface area contributed by atoms with Crippen LogP contribution in [0.4, 0.5) is 5.69 Å². The molecule has 3 rings (SSSR count). The van der Waals surface area contributed by atoms with Crippen LogP contribution in [0.15, 0.2) is 42.5 Å². The van der Waals surface area contributed by atoms with Crippen molar-refractivity contribution in [2.75, 3.05) is 17.1 Å². The molecule has 0 radical (unpaired) electrons. The summed E-state index contributed by atoms with van der Waals surface area (Å²) in [5.41, 5.74) is 0.833. The van der Waals surface area contributed by atoms with Crippen molar-refractivity contribution in [1.29, 1.82) is 0 Å². The first kappa shape index (κ1) is 27.6. The number of benzene rings is 2.